The van der Waals surface area contributed by atoms with Crippen LogP contribution in [0.5, 0.6) is 0 Å². The number of carbonyl (C=O) groups is 1. The van der Waals surface area contributed by atoms with Crippen LogP contribution >= 0.6 is 15.9 Å². The summed E-state index contributed by atoms with van der Waals surface area (Å²) in [5, 5.41) is 22.5. The molecule has 0 saturated heterocycles. The van der Waals surface area contributed by atoms with Crippen LogP contribution in [0.15, 0.2) is 53.0 Å². The molecule has 0 radical (unpaired) electrons. The van der Waals surface area contributed by atoms with Crippen LogP contribution in [0.1, 0.15) is 17.2 Å². The van der Waals surface area contributed by atoms with Crippen LogP contribution in [0, 0.1) is 0 Å². The van der Waals surface area contributed by atoms with Gasteiger partial charge in [-0.05, 0) is 39.2 Å². The average molecular weight is 395 g/mol. The summed E-state index contributed by atoms with van der Waals surface area (Å²) in [5.74, 6) is 0. The van der Waals surface area contributed by atoms with E-state index in [9.17, 15) is 15.0 Å². The third-order valence-electron chi connectivity index (χ3n) is 3.40. The number of amides is 1. The molecule has 1 amide bonds. The Bertz CT molecular complexity index is 682. The lowest BCUT2D eigenvalue weighted by molar-refractivity contribution is 0.0184. The van der Waals surface area contributed by atoms with Crippen molar-refractivity contribution in [2.75, 3.05) is 12.3 Å². The molecule has 0 heterocycles. The predicted octanol–water partition coefficient (Wildman–Crippen LogP) is 2.35. The lowest BCUT2D eigenvalue weighted by Gasteiger charge is -2.19. The number of hydrogen-bond donors (Lipinski definition) is 4. The van der Waals surface area contributed by atoms with Crippen LogP contribution < -0.4 is 11.1 Å². The van der Waals surface area contributed by atoms with Crippen LogP contribution in [0.25, 0.3) is 0 Å². The van der Waals surface area contributed by atoms with E-state index in [4.69, 9.17) is 10.5 Å². The maximum atomic E-state index is 11.6. The maximum absolute atomic E-state index is 11.6. The summed E-state index contributed by atoms with van der Waals surface area (Å²) in [7, 11) is 0. The van der Waals surface area contributed by atoms with Gasteiger partial charge in [0.05, 0.1) is 0 Å². The van der Waals surface area contributed by atoms with Crippen LogP contribution in [0.3, 0.4) is 0 Å². The molecular formula is C17H19BrN2O4. The number of nitrogens with one attached hydrogen (secondary N) is 1. The number of benzene rings is 2. The molecule has 24 heavy (non-hydrogen) atoms. The summed E-state index contributed by atoms with van der Waals surface area (Å²) >= 11 is 3.26. The minimum absolute atomic E-state index is 0.135. The molecule has 0 aliphatic carbocycles. The standard InChI is InChI=1S/C17H19BrN2O4/c18-13-8-12(6-7-14(13)19)16(22)15(21)9-20-17(23)24-10-11-4-2-1-3-5-11/h1-8,15-16,21-22H,9-10,19H2,(H,20,23). The number of aliphatic hydroxyl groups is 2. The number of nitrogens with two attached hydrogens (primary N) is 1. The Morgan fingerprint density at radius 2 is 1.92 bits per heavy atom. The molecule has 0 spiro atoms. The first-order valence-electron chi connectivity index (χ1n) is 7.33. The number of halogens is 1. The van der Waals surface area contributed by atoms with E-state index in [0.29, 0.717) is 15.7 Å². The molecule has 2 aromatic carbocycles. The SMILES string of the molecule is Nc1ccc(C(O)C(O)CNC(=O)OCc2ccccc2)cc1Br. The molecule has 0 saturated carbocycles. The van der Waals surface area contributed by atoms with Crippen molar-refractivity contribution in [3.05, 3.63) is 64.1 Å². The Labute approximate surface area is 148 Å². The molecule has 0 bridgehead atoms. The smallest absolute Gasteiger partial charge is 0.407 e. The molecular weight excluding hydrogens is 376 g/mol. The lowest BCUT2D eigenvalue weighted by Crippen LogP contribution is -2.35. The number of nitrogen functional groups attached to an aromatic ring is 1. The Kier molecular flexibility index (Phi) is 6.60. The van der Waals surface area contributed by atoms with E-state index in [1.54, 1.807) is 18.2 Å². The summed E-state index contributed by atoms with van der Waals surface area (Å²) in [5.41, 5.74) is 7.56. The zero-order valence-corrected chi connectivity index (χ0v) is 14.4. The summed E-state index contributed by atoms with van der Waals surface area (Å²) in [4.78, 5) is 11.6. The van der Waals surface area contributed by atoms with Crippen LogP contribution in [0.4, 0.5) is 10.5 Å². The highest BCUT2D eigenvalue weighted by molar-refractivity contribution is 9.10. The summed E-state index contributed by atoms with van der Waals surface area (Å²) in [6.45, 7) is -0.00693. The van der Waals surface area contributed by atoms with Gasteiger partial charge in [-0.1, -0.05) is 36.4 Å². The van der Waals surface area contributed by atoms with Gasteiger partial charge in [0.1, 0.15) is 18.8 Å². The molecule has 0 aromatic heterocycles. The van der Waals surface area contributed by atoms with E-state index < -0.39 is 18.3 Å². The highest BCUT2D eigenvalue weighted by atomic mass is 79.9. The minimum Gasteiger partial charge on any atom is -0.445 e. The maximum Gasteiger partial charge on any atom is 0.407 e. The summed E-state index contributed by atoms with van der Waals surface area (Å²) < 4.78 is 5.66. The lowest BCUT2D eigenvalue weighted by atomic mass is 10.0. The van der Waals surface area contributed by atoms with Crippen molar-refractivity contribution >= 4 is 27.7 Å². The van der Waals surface area contributed by atoms with Crippen molar-refractivity contribution in [2.45, 2.75) is 18.8 Å². The first-order valence-corrected chi connectivity index (χ1v) is 8.12. The molecule has 2 rings (SSSR count). The molecule has 0 aliphatic heterocycles. The van der Waals surface area contributed by atoms with Crippen molar-refractivity contribution in [1.29, 1.82) is 0 Å². The van der Waals surface area contributed by atoms with Gasteiger partial charge in [0.25, 0.3) is 0 Å². The van der Waals surface area contributed by atoms with Gasteiger partial charge < -0.3 is 26.0 Å². The molecule has 0 aliphatic rings. The van der Waals surface area contributed by atoms with Crippen LogP contribution in [-0.4, -0.2) is 29.0 Å². The van der Waals surface area contributed by atoms with Crippen LogP contribution in [0.2, 0.25) is 0 Å². The number of anilines is 1. The Hall–Kier alpha value is -2.09. The largest absolute Gasteiger partial charge is 0.445 e. The molecule has 5 N–H and O–H groups in total. The molecule has 2 unspecified atom stereocenters. The monoisotopic (exact) mass is 394 g/mol. The van der Waals surface area contributed by atoms with Crippen molar-refractivity contribution in [1.82, 2.24) is 5.32 Å². The Morgan fingerprint density at radius 1 is 1.21 bits per heavy atom. The van der Waals surface area contributed by atoms with E-state index in [-0.39, 0.29) is 13.2 Å². The second-order valence-electron chi connectivity index (χ2n) is 5.24. The van der Waals surface area contributed by atoms with Gasteiger partial charge in [-0.25, -0.2) is 4.79 Å². The minimum atomic E-state index is -1.18. The zero-order chi connectivity index (χ0) is 17.5. The highest BCUT2D eigenvalue weighted by Crippen LogP contribution is 2.25. The van der Waals surface area contributed by atoms with Gasteiger partial charge in [0, 0.05) is 16.7 Å². The van der Waals surface area contributed by atoms with Crippen molar-refractivity contribution in [3.63, 3.8) is 0 Å². The molecule has 128 valence electrons. The normalized spacial score (nSPS) is 13.1. The Balaban J connectivity index is 1.80. The van der Waals surface area contributed by atoms with Gasteiger partial charge >= 0.3 is 6.09 Å². The van der Waals surface area contributed by atoms with Gasteiger partial charge in [-0.2, -0.15) is 0 Å². The van der Waals surface area contributed by atoms with Gasteiger partial charge in [-0.15, -0.1) is 0 Å². The third-order valence-corrected chi connectivity index (χ3v) is 4.09. The number of rotatable bonds is 6. The summed E-state index contributed by atoms with van der Waals surface area (Å²) in [6.07, 6.45) is -3.00. The van der Waals surface area contributed by atoms with Gasteiger partial charge in [-0.3, -0.25) is 0 Å². The number of aliphatic hydroxyl groups excluding tert-OH is 2. The van der Waals surface area contributed by atoms with E-state index in [1.807, 2.05) is 30.3 Å². The molecule has 2 aromatic rings. The van der Waals surface area contributed by atoms with E-state index in [1.165, 1.54) is 0 Å². The van der Waals surface area contributed by atoms with E-state index in [2.05, 4.69) is 21.2 Å². The second kappa shape index (κ2) is 8.68. The topological polar surface area (TPSA) is 105 Å². The number of carbonyl (C=O) groups excluding carboxylic acids is 1. The fraction of sp³-hybridized carbons (Fsp3) is 0.235. The number of alkyl carbamates (subject to hydrolysis) is 1. The van der Waals surface area contributed by atoms with Gasteiger partial charge in [0.2, 0.25) is 0 Å². The molecule has 6 nitrogen and oxygen atoms in total. The predicted molar refractivity (Wildman–Crippen MR) is 94.2 cm³/mol. The van der Waals surface area contributed by atoms with Crippen molar-refractivity contribution in [2.24, 2.45) is 0 Å². The van der Waals surface area contributed by atoms with Crippen molar-refractivity contribution in [3.8, 4) is 0 Å². The first kappa shape index (κ1) is 18.3. The average Bonchev–Trinajstić information content (AvgIpc) is 2.60. The fourth-order valence-electron chi connectivity index (χ4n) is 2.02. The molecule has 0 fully saturated rings. The summed E-state index contributed by atoms with van der Waals surface area (Å²) in [6, 6.07) is 14.1. The first-order chi connectivity index (χ1) is 11.5. The molecule has 2 atom stereocenters. The highest BCUT2D eigenvalue weighted by Gasteiger charge is 2.20. The van der Waals surface area contributed by atoms with E-state index in [0.717, 1.165) is 5.56 Å². The quantitative estimate of drug-likeness (QED) is 0.562. The fourth-order valence-corrected chi connectivity index (χ4v) is 2.42. The number of ether oxygens (including phenoxy) is 1. The van der Waals surface area contributed by atoms with E-state index >= 15 is 0 Å². The van der Waals surface area contributed by atoms with Crippen LogP contribution in [-0.2, 0) is 11.3 Å². The zero-order valence-electron chi connectivity index (χ0n) is 12.9. The Morgan fingerprint density at radius 3 is 2.58 bits per heavy atom. The van der Waals surface area contributed by atoms with Crippen molar-refractivity contribution < 1.29 is 19.7 Å². The molecule has 7 heteroatoms. The van der Waals surface area contributed by atoms with Gasteiger partial charge in [0.15, 0.2) is 0 Å². The number of hydrogen-bond acceptors (Lipinski definition) is 5. The third kappa shape index (κ3) is 5.23. The second-order valence-corrected chi connectivity index (χ2v) is 6.09.